The standard InChI is InChI=1S/C17H30N2O4/c1-5-17(2,3)14(20)15(21)19-11-7-6-9-13(19)16(22)23-12-8-10-18-4/h13,18H,5-12H2,1-4H3/t13-/m1/s1. The highest BCUT2D eigenvalue weighted by molar-refractivity contribution is 6.38. The number of rotatable bonds is 8. The molecule has 0 radical (unpaired) electrons. The third-order valence-electron chi connectivity index (χ3n) is 4.54. The molecule has 1 heterocycles. The Morgan fingerprint density at radius 2 is 1.96 bits per heavy atom. The monoisotopic (exact) mass is 326 g/mol. The van der Waals surface area contributed by atoms with Crippen LogP contribution in [0.1, 0.15) is 52.9 Å². The van der Waals surface area contributed by atoms with E-state index in [9.17, 15) is 14.4 Å². The number of nitrogens with zero attached hydrogens (tertiary/aromatic N) is 1. The molecule has 6 heteroatoms. The van der Waals surface area contributed by atoms with E-state index < -0.39 is 29.1 Å². The first-order valence-electron chi connectivity index (χ1n) is 8.51. The van der Waals surface area contributed by atoms with Crippen molar-refractivity contribution in [1.82, 2.24) is 10.2 Å². The summed E-state index contributed by atoms with van der Waals surface area (Å²) in [5.41, 5.74) is -0.699. The molecule has 6 nitrogen and oxygen atoms in total. The molecule has 1 saturated heterocycles. The molecule has 1 atom stereocenters. The number of likely N-dealkylation sites (tertiary alicyclic amines) is 1. The van der Waals surface area contributed by atoms with Crippen molar-refractivity contribution in [2.45, 2.75) is 58.9 Å². The first kappa shape index (κ1) is 19.6. The van der Waals surface area contributed by atoms with Crippen molar-refractivity contribution in [2.75, 3.05) is 26.7 Å². The summed E-state index contributed by atoms with van der Waals surface area (Å²) in [6.07, 6.45) is 3.56. The number of hydrogen-bond donors (Lipinski definition) is 1. The topological polar surface area (TPSA) is 75.7 Å². The number of carbonyl (C=O) groups is 3. The Bertz CT molecular complexity index is 434. The third kappa shape index (κ3) is 5.30. The van der Waals surface area contributed by atoms with E-state index in [1.807, 2.05) is 14.0 Å². The van der Waals surface area contributed by atoms with E-state index in [0.29, 0.717) is 26.0 Å². The number of hydrogen-bond acceptors (Lipinski definition) is 5. The van der Waals surface area contributed by atoms with Crippen LogP contribution in [0.15, 0.2) is 0 Å². The van der Waals surface area contributed by atoms with Gasteiger partial charge in [-0.3, -0.25) is 9.59 Å². The van der Waals surface area contributed by atoms with Gasteiger partial charge in [0.2, 0.25) is 5.78 Å². The minimum Gasteiger partial charge on any atom is -0.464 e. The molecule has 0 saturated carbocycles. The normalized spacial score (nSPS) is 18.6. The van der Waals surface area contributed by atoms with Gasteiger partial charge in [0.15, 0.2) is 0 Å². The molecule has 1 N–H and O–H groups in total. The van der Waals surface area contributed by atoms with Crippen LogP contribution >= 0.6 is 0 Å². The Kier molecular flexibility index (Phi) is 7.68. The van der Waals surface area contributed by atoms with Gasteiger partial charge in [0, 0.05) is 12.0 Å². The van der Waals surface area contributed by atoms with Crippen LogP contribution in [0.2, 0.25) is 0 Å². The lowest BCUT2D eigenvalue weighted by Gasteiger charge is -2.35. The van der Waals surface area contributed by atoms with E-state index in [-0.39, 0.29) is 0 Å². The van der Waals surface area contributed by atoms with Crippen molar-refractivity contribution in [1.29, 1.82) is 0 Å². The average molecular weight is 326 g/mol. The molecular weight excluding hydrogens is 296 g/mol. The van der Waals surface area contributed by atoms with E-state index in [2.05, 4.69) is 5.32 Å². The highest BCUT2D eigenvalue weighted by Crippen LogP contribution is 2.25. The van der Waals surface area contributed by atoms with Crippen LogP contribution in [0.3, 0.4) is 0 Å². The zero-order chi connectivity index (χ0) is 17.5. The van der Waals surface area contributed by atoms with Crippen LogP contribution in [0.5, 0.6) is 0 Å². The Morgan fingerprint density at radius 1 is 1.26 bits per heavy atom. The Labute approximate surface area is 138 Å². The molecule has 1 fully saturated rings. The molecule has 0 spiro atoms. The molecule has 23 heavy (non-hydrogen) atoms. The summed E-state index contributed by atoms with van der Waals surface area (Å²) in [6, 6.07) is -0.623. The molecule has 1 rings (SSSR count). The van der Waals surface area contributed by atoms with E-state index in [4.69, 9.17) is 4.74 Å². The van der Waals surface area contributed by atoms with E-state index in [0.717, 1.165) is 25.8 Å². The van der Waals surface area contributed by atoms with Crippen LogP contribution in [0, 0.1) is 5.41 Å². The molecule has 0 aromatic rings. The number of Topliss-reactive ketones (excluding diaryl/α,β-unsaturated/α-hetero) is 1. The molecule has 0 unspecified atom stereocenters. The summed E-state index contributed by atoms with van der Waals surface area (Å²) in [5, 5.41) is 2.99. The summed E-state index contributed by atoms with van der Waals surface area (Å²) < 4.78 is 5.27. The highest BCUT2D eigenvalue weighted by atomic mass is 16.5. The molecule has 0 aromatic carbocycles. The quantitative estimate of drug-likeness (QED) is 0.416. The summed E-state index contributed by atoms with van der Waals surface area (Å²) in [5.74, 6) is -1.36. The number of piperidine rings is 1. The van der Waals surface area contributed by atoms with Crippen molar-refractivity contribution in [2.24, 2.45) is 5.41 Å². The number of carbonyl (C=O) groups excluding carboxylic acids is 3. The predicted octanol–water partition coefficient (Wildman–Crippen LogP) is 1.53. The van der Waals surface area contributed by atoms with Gasteiger partial charge in [-0.25, -0.2) is 4.79 Å². The minimum absolute atomic E-state index is 0.326. The first-order valence-corrected chi connectivity index (χ1v) is 8.51. The van der Waals surface area contributed by atoms with Gasteiger partial charge < -0.3 is 15.0 Å². The second-order valence-electron chi connectivity index (χ2n) is 6.70. The smallest absolute Gasteiger partial charge is 0.328 e. The average Bonchev–Trinajstić information content (AvgIpc) is 2.57. The molecule has 1 amide bonds. The molecule has 132 valence electrons. The van der Waals surface area contributed by atoms with Crippen molar-refractivity contribution >= 4 is 17.7 Å². The second kappa shape index (κ2) is 9.01. The van der Waals surface area contributed by atoms with Crippen molar-refractivity contribution < 1.29 is 19.1 Å². The summed E-state index contributed by atoms with van der Waals surface area (Å²) >= 11 is 0. The van der Waals surface area contributed by atoms with E-state index in [1.54, 1.807) is 13.8 Å². The fourth-order valence-corrected chi connectivity index (χ4v) is 2.52. The molecular formula is C17H30N2O4. The maximum absolute atomic E-state index is 12.6. The number of ketones is 1. The largest absolute Gasteiger partial charge is 0.464 e. The van der Waals surface area contributed by atoms with E-state index >= 15 is 0 Å². The number of esters is 1. The number of amides is 1. The minimum atomic E-state index is -0.699. The van der Waals surface area contributed by atoms with E-state index in [1.165, 1.54) is 4.90 Å². The molecule has 0 aliphatic carbocycles. The number of ether oxygens (including phenoxy) is 1. The maximum Gasteiger partial charge on any atom is 0.328 e. The fraction of sp³-hybridized carbons (Fsp3) is 0.824. The fourth-order valence-electron chi connectivity index (χ4n) is 2.52. The van der Waals surface area contributed by atoms with Gasteiger partial charge in [0.25, 0.3) is 5.91 Å². The van der Waals surface area contributed by atoms with Gasteiger partial charge in [-0.1, -0.05) is 20.8 Å². The van der Waals surface area contributed by atoms with Gasteiger partial charge in [-0.05, 0) is 45.7 Å². The maximum atomic E-state index is 12.6. The Balaban J connectivity index is 2.72. The summed E-state index contributed by atoms with van der Waals surface area (Å²) in [7, 11) is 1.84. The van der Waals surface area contributed by atoms with Crippen LogP contribution in [-0.4, -0.2) is 55.3 Å². The van der Waals surface area contributed by atoms with Gasteiger partial charge in [0.05, 0.1) is 6.61 Å². The lowest BCUT2D eigenvalue weighted by Crippen LogP contribution is -2.53. The van der Waals surface area contributed by atoms with Crippen molar-refractivity contribution in [3.8, 4) is 0 Å². The van der Waals surface area contributed by atoms with Crippen LogP contribution < -0.4 is 5.32 Å². The molecule has 1 aliphatic heterocycles. The Morgan fingerprint density at radius 3 is 2.57 bits per heavy atom. The lowest BCUT2D eigenvalue weighted by atomic mass is 9.84. The zero-order valence-electron chi connectivity index (χ0n) is 14.8. The van der Waals surface area contributed by atoms with Crippen LogP contribution in [0.4, 0.5) is 0 Å². The number of nitrogens with one attached hydrogen (secondary N) is 1. The molecule has 1 aliphatic rings. The van der Waals surface area contributed by atoms with Crippen molar-refractivity contribution in [3.05, 3.63) is 0 Å². The van der Waals surface area contributed by atoms with Gasteiger partial charge in [-0.15, -0.1) is 0 Å². The Hall–Kier alpha value is -1.43. The first-order chi connectivity index (χ1) is 10.8. The molecule has 0 bridgehead atoms. The molecule has 0 aromatic heterocycles. The second-order valence-corrected chi connectivity index (χ2v) is 6.70. The van der Waals surface area contributed by atoms with Crippen molar-refractivity contribution in [3.63, 3.8) is 0 Å². The summed E-state index contributed by atoms with van der Waals surface area (Å²) in [4.78, 5) is 38.7. The van der Waals surface area contributed by atoms with Crippen LogP contribution in [-0.2, 0) is 19.1 Å². The SMILES string of the molecule is CCC(C)(C)C(=O)C(=O)N1CCCC[C@@H]1C(=O)OCCCNC. The van der Waals surface area contributed by atoms with Crippen LogP contribution in [0.25, 0.3) is 0 Å². The van der Waals surface area contributed by atoms with Gasteiger partial charge in [0.1, 0.15) is 6.04 Å². The van der Waals surface area contributed by atoms with Gasteiger partial charge in [-0.2, -0.15) is 0 Å². The third-order valence-corrected chi connectivity index (χ3v) is 4.54. The summed E-state index contributed by atoms with van der Waals surface area (Å²) in [6.45, 7) is 6.95. The van der Waals surface area contributed by atoms with Gasteiger partial charge >= 0.3 is 5.97 Å². The lowest BCUT2D eigenvalue weighted by molar-refractivity contribution is -0.161. The predicted molar refractivity (Wildman–Crippen MR) is 87.9 cm³/mol. The zero-order valence-corrected chi connectivity index (χ0v) is 14.8. The highest BCUT2D eigenvalue weighted by Gasteiger charge is 2.40.